The van der Waals surface area contributed by atoms with Crippen LogP contribution in [0.2, 0.25) is 0 Å². The Kier molecular flexibility index (Phi) is 10.3. The van der Waals surface area contributed by atoms with E-state index in [2.05, 4.69) is 58.0 Å². The Labute approximate surface area is 183 Å². The summed E-state index contributed by atoms with van der Waals surface area (Å²) in [5.41, 5.74) is 1.14. The number of aryl methyl sites for hydroxylation is 1. The van der Waals surface area contributed by atoms with Gasteiger partial charge in [-0.2, -0.15) is 0 Å². The highest BCUT2D eigenvalue weighted by atomic mass is 17.2. The minimum Gasteiger partial charge on any atom is -0.481 e. The topological polar surface area (TPSA) is 55.8 Å². The van der Waals surface area contributed by atoms with Crippen LogP contribution in [0.3, 0.4) is 0 Å². The Bertz CT molecular complexity index is 617. The van der Waals surface area contributed by atoms with Gasteiger partial charge in [0, 0.05) is 0 Å². The first-order chi connectivity index (χ1) is 14.3. The number of unbranched alkanes of at least 4 members (excludes halogenated alkanes) is 1. The number of benzene rings is 1. The van der Waals surface area contributed by atoms with Crippen molar-refractivity contribution in [2.45, 2.75) is 104 Å². The maximum Gasteiger partial charge on any atom is 0.306 e. The number of carboxylic acid groups (broad SMARTS) is 1. The SMILES string of the molecule is CC(CCCCc1ccccc1)CCCC(C)CC1(C)CC(C)C(CC(=O)O)OO1. The van der Waals surface area contributed by atoms with Crippen LogP contribution in [0.4, 0.5) is 0 Å². The summed E-state index contributed by atoms with van der Waals surface area (Å²) in [5, 5.41) is 8.99. The molecule has 5 atom stereocenters. The fourth-order valence-electron chi connectivity index (χ4n) is 4.91. The Hall–Kier alpha value is -1.39. The number of hydrogen-bond donors (Lipinski definition) is 1. The van der Waals surface area contributed by atoms with Crippen molar-refractivity contribution < 1.29 is 19.7 Å². The maximum atomic E-state index is 10.9. The zero-order valence-corrected chi connectivity index (χ0v) is 19.4. The van der Waals surface area contributed by atoms with Crippen LogP contribution in [0, 0.1) is 17.8 Å². The van der Waals surface area contributed by atoms with Crippen molar-refractivity contribution in [3.63, 3.8) is 0 Å². The number of hydrogen-bond acceptors (Lipinski definition) is 3. The largest absolute Gasteiger partial charge is 0.481 e. The molecule has 2 rings (SSSR count). The van der Waals surface area contributed by atoms with Crippen molar-refractivity contribution in [1.29, 1.82) is 0 Å². The smallest absolute Gasteiger partial charge is 0.306 e. The van der Waals surface area contributed by atoms with Gasteiger partial charge in [0.05, 0.1) is 6.42 Å². The molecule has 0 aliphatic carbocycles. The van der Waals surface area contributed by atoms with Crippen LogP contribution in [-0.2, 0) is 21.0 Å². The molecule has 1 aliphatic rings. The number of aliphatic carboxylic acids is 1. The van der Waals surface area contributed by atoms with Gasteiger partial charge < -0.3 is 5.11 Å². The Morgan fingerprint density at radius 1 is 1.10 bits per heavy atom. The molecular formula is C26H42O4. The minimum absolute atomic E-state index is 0.00996. The Morgan fingerprint density at radius 2 is 1.77 bits per heavy atom. The van der Waals surface area contributed by atoms with Crippen molar-refractivity contribution in [3.8, 4) is 0 Å². The molecule has 170 valence electrons. The Balaban J connectivity index is 1.57. The lowest BCUT2D eigenvalue weighted by molar-refractivity contribution is -0.418. The molecule has 30 heavy (non-hydrogen) atoms. The second kappa shape index (κ2) is 12.5. The second-order valence-electron chi connectivity index (χ2n) is 10.0. The van der Waals surface area contributed by atoms with E-state index in [1.165, 1.54) is 50.5 Å². The zero-order chi connectivity index (χ0) is 22.0. The van der Waals surface area contributed by atoms with Crippen molar-refractivity contribution in [2.24, 2.45) is 17.8 Å². The van der Waals surface area contributed by atoms with Gasteiger partial charge in [-0.25, -0.2) is 9.78 Å². The molecular weight excluding hydrogens is 376 g/mol. The summed E-state index contributed by atoms with van der Waals surface area (Å²) in [7, 11) is 0. The first-order valence-corrected chi connectivity index (χ1v) is 11.9. The fourth-order valence-corrected chi connectivity index (χ4v) is 4.91. The summed E-state index contributed by atoms with van der Waals surface area (Å²) in [5.74, 6) is 0.728. The minimum atomic E-state index is -0.832. The van der Waals surface area contributed by atoms with Gasteiger partial charge in [-0.15, -0.1) is 0 Å². The molecule has 1 aliphatic heterocycles. The van der Waals surface area contributed by atoms with Gasteiger partial charge >= 0.3 is 5.97 Å². The van der Waals surface area contributed by atoms with Gasteiger partial charge in [0.25, 0.3) is 0 Å². The standard InChI is InChI=1S/C26H42O4/c1-20(11-8-9-16-23-14-6-5-7-15-23)12-10-13-21(2)18-26(4)19-22(3)24(29-30-26)17-25(27)28/h5-7,14-15,20-22,24H,8-13,16-19H2,1-4H3,(H,27,28). The van der Waals surface area contributed by atoms with Gasteiger partial charge in [0.2, 0.25) is 0 Å². The van der Waals surface area contributed by atoms with E-state index in [-0.39, 0.29) is 24.0 Å². The van der Waals surface area contributed by atoms with E-state index in [9.17, 15) is 4.79 Å². The number of carbonyl (C=O) groups is 1. The van der Waals surface area contributed by atoms with Crippen LogP contribution in [0.15, 0.2) is 30.3 Å². The average Bonchev–Trinajstić information content (AvgIpc) is 2.68. The molecule has 1 N–H and O–H groups in total. The molecule has 0 amide bonds. The lowest BCUT2D eigenvalue weighted by Gasteiger charge is -2.41. The second-order valence-corrected chi connectivity index (χ2v) is 10.0. The maximum absolute atomic E-state index is 10.9. The van der Waals surface area contributed by atoms with Gasteiger partial charge in [-0.3, -0.25) is 4.79 Å². The van der Waals surface area contributed by atoms with E-state index < -0.39 is 5.97 Å². The summed E-state index contributed by atoms with van der Waals surface area (Å²) in [4.78, 5) is 22.1. The van der Waals surface area contributed by atoms with Crippen LogP contribution < -0.4 is 0 Å². The van der Waals surface area contributed by atoms with E-state index in [4.69, 9.17) is 14.9 Å². The van der Waals surface area contributed by atoms with Crippen LogP contribution in [0.25, 0.3) is 0 Å². The lowest BCUT2D eigenvalue weighted by Crippen LogP contribution is -2.44. The molecule has 1 heterocycles. The van der Waals surface area contributed by atoms with Gasteiger partial charge in [0.15, 0.2) is 0 Å². The fraction of sp³-hybridized carbons (Fsp3) is 0.731. The third kappa shape index (κ3) is 9.18. The predicted octanol–water partition coefficient (Wildman–Crippen LogP) is 6.82. The summed E-state index contributed by atoms with van der Waals surface area (Å²) in [6.45, 7) is 8.86. The first kappa shape index (κ1) is 24.9. The summed E-state index contributed by atoms with van der Waals surface area (Å²) >= 11 is 0. The van der Waals surface area contributed by atoms with E-state index in [1.54, 1.807) is 0 Å². The molecule has 1 aromatic carbocycles. The predicted molar refractivity (Wildman–Crippen MR) is 121 cm³/mol. The van der Waals surface area contributed by atoms with E-state index in [0.717, 1.165) is 18.8 Å². The van der Waals surface area contributed by atoms with Crippen LogP contribution in [0.1, 0.15) is 91.0 Å². The first-order valence-electron chi connectivity index (χ1n) is 11.9. The van der Waals surface area contributed by atoms with Crippen molar-refractivity contribution >= 4 is 5.97 Å². The third-order valence-corrected chi connectivity index (χ3v) is 6.57. The van der Waals surface area contributed by atoms with Gasteiger partial charge in [0.1, 0.15) is 11.7 Å². The molecule has 1 saturated heterocycles. The van der Waals surface area contributed by atoms with Crippen molar-refractivity contribution in [2.75, 3.05) is 0 Å². The highest BCUT2D eigenvalue weighted by Gasteiger charge is 2.40. The summed E-state index contributed by atoms with van der Waals surface area (Å²) < 4.78 is 0. The molecule has 1 aromatic rings. The normalized spacial score (nSPS) is 26.3. The van der Waals surface area contributed by atoms with Crippen LogP contribution >= 0.6 is 0 Å². The molecule has 0 aromatic heterocycles. The quantitative estimate of drug-likeness (QED) is 0.282. The monoisotopic (exact) mass is 418 g/mol. The average molecular weight is 419 g/mol. The van der Waals surface area contributed by atoms with Crippen molar-refractivity contribution in [1.82, 2.24) is 0 Å². The molecule has 5 unspecified atom stereocenters. The summed E-state index contributed by atoms with van der Waals surface area (Å²) in [6.07, 6.45) is 10.3. The van der Waals surface area contributed by atoms with Gasteiger partial charge in [-0.1, -0.05) is 83.2 Å². The van der Waals surface area contributed by atoms with E-state index in [0.29, 0.717) is 5.92 Å². The lowest BCUT2D eigenvalue weighted by atomic mass is 9.80. The summed E-state index contributed by atoms with van der Waals surface area (Å²) in [6, 6.07) is 10.8. The molecule has 0 radical (unpaired) electrons. The third-order valence-electron chi connectivity index (χ3n) is 6.57. The highest BCUT2D eigenvalue weighted by Crippen LogP contribution is 2.37. The van der Waals surface area contributed by atoms with Crippen LogP contribution in [-0.4, -0.2) is 22.8 Å². The Morgan fingerprint density at radius 3 is 2.43 bits per heavy atom. The highest BCUT2D eigenvalue weighted by molar-refractivity contribution is 5.67. The van der Waals surface area contributed by atoms with E-state index in [1.807, 2.05) is 0 Å². The van der Waals surface area contributed by atoms with Gasteiger partial charge in [-0.05, 0) is 55.9 Å². The molecule has 4 heteroatoms. The molecule has 0 bridgehead atoms. The molecule has 0 spiro atoms. The number of carboxylic acids is 1. The molecule has 0 saturated carbocycles. The van der Waals surface area contributed by atoms with Crippen LogP contribution in [0.5, 0.6) is 0 Å². The molecule has 1 fully saturated rings. The molecule has 4 nitrogen and oxygen atoms in total. The number of rotatable bonds is 13. The van der Waals surface area contributed by atoms with Crippen molar-refractivity contribution in [3.05, 3.63) is 35.9 Å². The zero-order valence-electron chi connectivity index (χ0n) is 19.4. The van der Waals surface area contributed by atoms with E-state index >= 15 is 0 Å².